The predicted octanol–water partition coefficient (Wildman–Crippen LogP) is 2.90. The molecule has 0 unspecified atom stereocenters. The van der Waals surface area contributed by atoms with Gasteiger partial charge in [-0.15, -0.1) is 0 Å². The average molecular weight is 408 g/mol. The Hall–Kier alpha value is -2.94. The summed E-state index contributed by atoms with van der Waals surface area (Å²) in [7, 11) is 1.49. The van der Waals surface area contributed by atoms with Gasteiger partial charge in [-0.25, -0.2) is 5.43 Å². The molecule has 8 nitrogen and oxygen atoms in total. The molecule has 25 heavy (non-hydrogen) atoms. The molecule has 0 fully saturated rings. The van der Waals surface area contributed by atoms with Crippen LogP contribution in [0.2, 0.25) is 0 Å². The highest BCUT2D eigenvalue weighted by atomic mass is 79.9. The fourth-order valence-electron chi connectivity index (χ4n) is 1.87. The summed E-state index contributed by atoms with van der Waals surface area (Å²) in [5.41, 5.74) is 2.43. The molecule has 0 radical (unpaired) electrons. The summed E-state index contributed by atoms with van der Waals surface area (Å²) in [4.78, 5) is 22.1. The predicted molar refractivity (Wildman–Crippen MR) is 95.0 cm³/mol. The van der Waals surface area contributed by atoms with Crippen molar-refractivity contribution >= 4 is 33.7 Å². The maximum absolute atomic E-state index is 11.8. The molecule has 2 aromatic carbocycles. The highest BCUT2D eigenvalue weighted by Gasteiger charge is 2.10. The SMILES string of the molecule is COc1cc(Br)ccc1OCC(=O)NN=Cc1ccccc1[N+](=O)[O-]. The van der Waals surface area contributed by atoms with Crippen molar-refractivity contribution in [1.82, 2.24) is 5.43 Å². The van der Waals surface area contributed by atoms with E-state index in [2.05, 4.69) is 26.5 Å². The van der Waals surface area contributed by atoms with Gasteiger partial charge in [0, 0.05) is 10.5 Å². The van der Waals surface area contributed by atoms with E-state index in [-0.39, 0.29) is 17.9 Å². The molecular weight excluding hydrogens is 394 g/mol. The molecule has 0 aliphatic heterocycles. The number of para-hydroxylation sites is 1. The Kier molecular flexibility index (Phi) is 6.47. The van der Waals surface area contributed by atoms with Gasteiger partial charge >= 0.3 is 0 Å². The first-order valence-corrected chi connectivity index (χ1v) is 7.82. The Balaban J connectivity index is 1.92. The number of hydrogen-bond donors (Lipinski definition) is 1. The molecule has 0 heterocycles. The zero-order valence-corrected chi connectivity index (χ0v) is 14.7. The van der Waals surface area contributed by atoms with Crippen molar-refractivity contribution in [2.24, 2.45) is 5.10 Å². The van der Waals surface area contributed by atoms with Gasteiger partial charge in [0.25, 0.3) is 11.6 Å². The van der Waals surface area contributed by atoms with Crippen LogP contribution in [-0.2, 0) is 4.79 Å². The monoisotopic (exact) mass is 407 g/mol. The minimum Gasteiger partial charge on any atom is -0.493 e. The Morgan fingerprint density at radius 1 is 1.32 bits per heavy atom. The summed E-state index contributed by atoms with van der Waals surface area (Å²) in [6.07, 6.45) is 1.20. The van der Waals surface area contributed by atoms with Crippen LogP contribution < -0.4 is 14.9 Å². The summed E-state index contributed by atoms with van der Waals surface area (Å²) < 4.78 is 11.3. The third kappa shape index (κ3) is 5.28. The van der Waals surface area contributed by atoms with Crippen LogP contribution in [0.1, 0.15) is 5.56 Å². The molecule has 0 saturated carbocycles. The number of carbonyl (C=O) groups excluding carboxylic acids is 1. The number of methoxy groups -OCH3 is 1. The second-order valence-corrected chi connectivity index (χ2v) is 5.61. The topological polar surface area (TPSA) is 103 Å². The fourth-order valence-corrected chi connectivity index (χ4v) is 2.21. The van der Waals surface area contributed by atoms with E-state index in [0.29, 0.717) is 11.5 Å². The van der Waals surface area contributed by atoms with Gasteiger partial charge in [-0.3, -0.25) is 14.9 Å². The minimum atomic E-state index is -0.522. The summed E-state index contributed by atoms with van der Waals surface area (Å²) in [6, 6.07) is 11.2. The number of nitrogens with one attached hydrogen (secondary N) is 1. The summed E-state index contributed by atoms with van der Waals surface area (Å²) in [5.74, 6) is 0.369. The van der Waals surface area contributed by atoms with E-state index in [9.17, 15) is 14.9 Å². The van der Waals surface area contributed by atoms with Crippen molar-refractivity contribution in [3.63, 3.8) is 0 Å². The average Bonchev–Trinajstić information content (AvgIpc) is 2.60. The third-order valence-corrected chi connectivity index (χ3v) is 3.50. The second kappa shape index (κ2) is 8.78. The van der Waals surface area contributed by atoms with Crippen LogP contribution in [-0.4, -0.2) is 30.8 Å². The maximum atomic E-state index is 11.8. The second-order valence-electron chi connectivity index (χ2n) is 4.69. The Labute approximate surface area is 151 Å². The number of nitrogens with zero attached hydrogens (tertiary/aromatic N) is 2. The number of ether oxygens (including phenoxy) is 2. The van der Waals surface area contributed by atoms with Crippen molar-refractivity contribution in [1.29, 1.82) is 0 Å². The quantitative estimate of drug-likeness (QED) is 0.431. The number of hydrazone groups is 1. The third-order valence-electron chi connectivity index (χ3n) is 3.01. The smallest absolute Gasteiger partial charge is 0.278 e. The van der Waals surface area contributed by atoms with Gasteiger partial charge in [-0.05, 0) is 24.3 Å². The molecule has 0 bridgehead atoms. The Morgan fingerprint density at radius 3 is 2.80 bits per heavy atom. The standard InChI is InChI=1S/C16H14BrN3O5/c1-24-15-8-12(17)6-7-14(15)25-10-16(21)19-18-9-11-4-2-3-5-13(11)20(22)23/h2-9H,10H2,1H3,(H,19,21). The first-order valence-electron chi connectivity index (χ1n) is 7.03. The number of benzene rings is 2. The zero-order chi connectivity index (χ0) is 18.2. The Bertz CT molecular complexity index is 810. The van der Waals surface area contributed by atoms with Crippen molar-refractivity contribution < 1.29 is 19.2 Å². The number of nitro benzene ring substituents is 1. The lowest BCUT2D eigenvalue weighted by molar-refractivity contribution is -0.385. The molecule has 1 amide bonds. The fraction of sp³-hybridized carbons (Fsp3) is 0.125. The molecule has 0 atom stereocenters. The van der Waals surface area contributed by atoms with Crippen LogP contribution in [0.5, 0.6) is 11.5 Å². The summed E-state index contributed by atoms with van der Waals surface area (Å²) in [6.45, 7) is -0.286. The van der Waals surface area contributed by atoms with Crippen LogP contribution in [0.3, 0.4) is 0 Å². The van der Waals surface area contributed by atoms with Crippen LogP contribution >= 0.6 is 15.9 Å². The minimum absolute atomic E-state index is 0.101. The summed E-state index contributed by atoms with van der Waals surface area (Å²) in [5, 5.41) is 14.6. The number of hydrogen-bond acceptors (Lipinski definition) is 6. The molecule has 2 aromatic rings. The lowest BCUT2D eigenvalue weighted by atomic mass is 10.2. The van der Waals surface area contributed by atoms with E-state index in [1.54, 1.807) is 30.3 Å². The number of halogens is 1. The summed E-state index contributed by atoms with van der Waals surface area (Å²) >= 11 is 3.31. The van der Waals surface area contributed by atoms with E-state index >= 15 is 0 Å². The maximum Gasteiger partial charge on any atom is 0.278 e. The van der Waals surface area contributed by atoms with E-state index in [1.165, 1.54) is 25.5 Å². The molecule has 0 spiro atoms. The number of carbonyl (C=O) groups is 1. The van der Waals surface area contributed by atoms with Crippen molar-refractivity contribution in [3.05, 3.63) is 62.6 Å². The van der Waals surface area contributed by atoms with Gasteiger partial charge in [0.15, 0.2) is 18.1 Å². The largest absolute Gasteiger partial charge is 0.493 e. The molecule has 0 aliphatic carbocycles. The zero-order valence-electron chi connectivity index (χ0n) is 13.1. The van der Waals surface area contributed by atoms with Gasteiger partial charge in [-0.2, -0.15) is 5.10 Å². The molecule has 1 N–H and O–H groups in total. The van der Waals surface area contributed by atoms with Crippen molar-refractivity contribution in [2.45, 2.75) is 0 Å². The highest BCUT2D eigenvalue weighted by Crippen LogP contribution is 2.30. The van der Waals surface area contributed by atoms with Gasteiger partial charge in [0.05, 0.1) is 23.8 Å². The van der Waals surface area contributed by atoms with Crippen LogP contribution in [0.25, 0.3) is 0 Å². The first-order chi connectivity index (χ1) is 12.0. The number of nitro groups is 1. The Morgan fingerprint density at radius 2 is 2.08 bits per heavy atom. The normalized spacial score (nSPS) is 10.5. The lowest BCUT2D eigenvalue weighted by Crippen LogP contribution is -2.24. The van der Waals surface area contributed by atoms with Crippen LogP contribution in [0.15, 0.2) is 52.0 Å². The van der Waals surface area contributed by atoms with Crippen LogP contribution in [0, 0.1) is 10.1 Å². The highest BCUT2D eigenvalue weighted by molar-refractivity contribution is 9.10. The molecule has 0 saturated heterocycles. The van der Waals surface area contributed by atoms with Gasteiger partial charge in [0.1, 0.15) is 0 Å². The molecule has 0 aromatic heterocycles. The molecule has 0 aliphatic rings. The number of amides is 1. The van der Waals surface area contributed by atoms with E-state index in [4.69, 9.17) is 9.47 Å². The van der Waals surface area contributed by atoms with Crippen LogP contribution in [0.4, 0.5) is 5.69 Å². The first kappa shape index (κ1) is 18.4. The van der Waals surface area contributed by atoms with E-state index < -0.39 is 10.8 Å². The molecule has 9 heteroatoms. The molecule has 2 rings (SSSR count). The van der Waals surface area contributed by atoms with Gasteiger partial charge < -0.3 is 9.47 Å². The van der Waals surface area contributed by atoms with Crippen molar-refractivity contribution in [3.8, 4) is 11.5 Å². The van der Waals surface area contributed by atoms with Gasteiger partial charge in [-0.1, -0.05) is 28.1 Å². The van der Waals surface area contributed by atoms with Crippen molar-refractivity contribution in [2.75, 3.05) is 13.7 Å². The van der Waals surface area contributed by atoms with E-state index in [1.807, 2.05) is 0 Å². The van der Waals surface area contributed by atoms with E-state index in [0.717, 1.165) is 4.47 Å². The molecular formula is C16H14BrN3O5. The van der Waals surface area contributed by atoms with Gasteiger partial charge in [0.2, 0.25) is 0 Å². The molecule has 130 valence electrons. The number of rotatable bonds is 7. The lowest BCUT2D eigenvalue weighted by Gasteiger charge is -2.10.